The molecular weight excluding hydrogens is 388 g/mol. The monoisotopic (exact) mass is 412 g/mol. The van der Waals surface area contributed by atoms with Gasteiger partial charge in [-0.15, -0.1) is 0 Å². The number of nitrogens with one attached hydrogen (secondary N) is 1. The molecule has 0 saturated heterocycles. The van der Waals surface area contributed by atoms with Crippen LogP contribution in [0.3, 0.4) is 0 Å². The predicted octanol–water partition coefficient (Wildman–Crippen LogP) is 1.57. The fourth-order valence-electron chi connectivity index (χ4n) is 2.52. The number of aromatic nitrogens is 1. The molecule has 1 aromatic carbocycles. The lowest BCUT2D eigenvalue weighted by Crippen LogP contribution is -2.34. The summed E-state index contributed by atoms with van der Waals surface area (Å²) in [4.78, 5) is 22.8. The van der Waals surface area contributed by atoms with Crippen LogP contribution in [-0.4, -0.2) is 47.4 Å². The molecule has 0 radical (unpaired) electrons. The second-order valence-electron chi connectivity index (χ2n) is 5.68. The maximum Gasteiger partial charge on any atom is 0.421 e. The number of rotatable bonds is 10. The van der Waals surface area contributed by atoms with E-state index in [1.54, 1.807) is 0 Å². The van der Waals surface area contributed by atoms with Gasteiger partial charge in [0.2, 0.25) is 0 Å². The summed E-state index contributed by atoms with van der Waals surface area (Å²) in [5.41, 5.74) is 10.0. The molecule has 0 bridgehead atoms. The van der Waals surface area contributed by atoms with E-state index < -0.39 is 18.1 Å². The molecule has 5 N–H and O–H groups in total. The highest BCUT2D eigenvalue weighted by molar-refractivity contribution is 8.76. The third-order valence-electron chi connectivity index (χ3n) is 3.73. The third-order valence-corrected chi connectivity index (χ3v) is 6.07. The zero-order chi connectivity index (χ0) is 19.6. The molecule has 1 heterocycles. The van der Waals surface area contributed by atoms with Gasteiger partial charge in [0.15, 0.2) is 0 Å². The van der Waals surface area contributed by atoms with E-state index in [1.807, 2.05) is 47.5 Å². The molecule has 8 nitrogen and oxygen atoms in total. The molecule has 0 aliphatic heterocycles. The average Bonchev–Trinajstić information content (AvgIpc) is 2.99. The van der Waals surface area contributed by atoms with Crippen molar-refractivity contribution in [2.75, 3.05) is 24.7 Å². The number of aryl methyl sites for hydroxylation is 1. The number of ether oxygens (including phenoxy) is 2. The van der Waals surface area contributed by atoms with Gasteiger partial charge >= 0.3 is 12.1 Å². The largest absolute Gasteiger partial charge is 0.464 e. The Morgan fingerprint density at radius 2 is 1.85 bits per heavy atom. The fourth-order valence-corrected chi connectivity index (χ4v) is 4.17. The Morgan fingerprint density at radius 3 is 2.56 bits per heavy atom. The number of hydrogen-bond donors (Lipinski definition) is 3. The Morgan fingerprint density at radius 1 is 1.19 bits per heavy atom. The van der Waals surface area contributed by atoms with Crippen molar-refractivity contribution >= 4 is 44.6 Å². The summed E-state index contributed by atoms with van der Waals surface area (Å²) in [7, 11) is 5.02. The first-order chi connectivity index (χ1) is 13.0. The molecule has 1 atom stereocenters. The summed E-state index contributed by atoms with van der Waals surface area (Å²) in [5, 5.41) is 1.10. The van der Waals surface area contributed by atoms with E-state index in [9.17, 15) is 9.59 Å². The van der Waals surface area contributed by atoms with Gasteiger partial charge < -0.3 is 19.8 Å². The van der Waals surface area contributed by atoms with Gasteiger partial charge in [0.1, 0.15) is 19.3 Å². The fraction of sp³-hybridized carbons (Fsp3) is 0.412. The lowest BCUT2D eigenvalue weighted by atomic mass is 10.1. The lowest BCUT2D eigenvalue weighted by Gasteiger charge is -2.11. The summed E-state index contributed by atoms with van der Waals surface area (Å²) >= 11 is 0. The topological polar surface area (TPSA) is 122 Å². The normalized spacial score (nSPS) is 12.0. The summed E-state index contributed by atoms with van der Waals surface area (Å²) < 4.78 is 12.0. The quantitative estimate of drug-likeness (QED) is 0.134. The van der Waals surface area contributed by atoms with E-state index in [1.165, 1.54) is 21.6 Å². The molecule has 1 aromatic heterocycles. The predicted molar refractivity (Wildman–Crippen MR) is 109 cm³/mol. The summed E-state index contributed by atoms with van der Waals surface area (Å²) in [6, 6.07) is 7.31. The molecule has 0 aliphatic carbocycles. The first kappa shape index (κ1) is 21.4. The van der Waals surface area contributed by atoms with E-state index in [-0.39, 0.29) is 13.2 Å². The maximum absolute atomic E-state index is 12.1. The highest BCUT2D eigenvalue weighted by Crippen LogP contribution is 2.22. The van der Waals surface area contributed by atoms with E-state index in [0.29, 0.717) is 17.9 Å². The number of benzene rings is 1. The standard InChI is InChI=1S/C17H24N4O4S2/c1-21-11-12(13-4-2-3-5-15(13)21)10-14(18)16(22)24-6-8-26-27-9-7-25-17(23)20-19/h2-5,11,14H,6-10,18-19H2,1H3,(H,20,23). The second kappa shape index (κ2) is 11.1. The number of esters is 1. The summed E-state index contributed by atoms with van der Waals surface area (Å²) in [6.07, 6.45) is 1.77. The Labute approximate surface area is 165 Å². The summed E-state index contributed by atoms with van der Waals surface area (Å²) in [6.45, 7) is 0.542. The molecule has 148 valence electrons. The number of amides is 1. The lowest BCUT2D eigenvalue weighted by molar-refractivity contribution is -0.144. The second-order valence-corrected chi connectivity index (χ2v) is 8.39. The van der Waals surface area contributed by atoms with Gasteiger partial charge in [0, 0.05) is 42.1 Å². The number of hydrogen-bond acceptors (Lipinski definition) is 8. The molecule has 2 aromatic rings. The zero-order valence-corrected chi connectivity index (χ0v) is 16.7. The van der Waals surface area contributed by atoms with Crippen LogP contribution in [0.25, 0.3) is 10.9 Å². The van der Waals surface area contributed by atoms with Crippen molar-refractivity contribution in [3.8, 4) is 0 Å². The van der Waals surface area contributed by atoms with Crippen LogP contribution in [0.15, 0.2) is 30.5 Å². The molecule has 0 fully saturated rings. The minimum absolute atomic E-state index is 0.260. The Balaban J connectivity index is 1.65. The Kier molecular flexibility index (Phi) is 8.79. The van der Waals surface area contributed by atoms with Crippen LogP contribution in [0, 0.1) is 0 Å². The van der Waals surface area contributed by atoms with Crippen LogP contribution < -0.4 is 17.0 Å². The molecule has 1 unspecified atom stereocenters. The molecular formula is C17H24N4O4S2. The van der Waals surface area contributed by atoms with Crippen LogP contribution in [-0.2, 0) is 27.7 Å². The molecule has 27 heavy (non-hydrogen) atoms. The number of fused-ring (bicyclic) bond motifs is 1. The third kappa shape index (κ3) is 6.65. The van der Waals surface area contributed by atoms with Crippen molar-refractivity contribution in [3.05, 3.63) is 36.0 Å². The van der Waals surface area contributed by atoms with Gasteiger partial charge in [0.25, 0.3) is 0 Å². The number of para-hydroxylation sites is 1. The highest BCUT2D eigenvalue weighted by Gasteiger charge is 2.18. The van der Waals surface area contributed by atoms with E-state index in [0.717, 1.165) is 16.5 Å². The van der Waals surface area contributed by atoms with Crippen LogP contribution in [0.2, 0.25) is 0 Å². The Hall–Kier alpha value is -1.88. The van der Waals surface area contributed by atoms with Gasteiger partial charge in [-0.05, 0) is 11.6 Å². The number of nitrogens with zero attached hydrogens (tertiary/aromatic N) is 1. The van der Waals surface area contributed by atoms with Crippen molar-refractivity contribution < 1.29 is 19.1 Å². The zero-order valence-electron chi connectivity index (χ0n) is 15.1. The van der Waals surface area contributed by atoms with Crippen molar-refractivity contribution in [3.63, 3.8) is 0 Å². The van der Waals surface area contributed by atoms with Gasteiger partial charge in [-0.1, -0.05) is 39.8 Å². The van der Waals surface area contributed by atoms with Crippen molar-refractivity contribution in [1.29, 1.82) is 0 Å². The minimum atomic E-state index is -0.698. The minimum Gasteiger partial charge on any atom is -0.464 e. The van der Waals surface area contributed by atoms with Crippen molar-refractivity contribution in [2.45, 2.75) is 12.5 Å². The molecule has 0 saturated carbocycles. The molecule has 1 amide bonds. The maximum atomic E-state index is 12.1. The van der Waals surface area contributed by atoms with Gasteiger partial charge in [-0.25, -0.2) is 10.6 Å². The van der Waals surface area contributed by atoms with E-state index in [2.05, 4.69) is 0 Å². The average molecular weight is 413 g/mol. The van der Waals surface area contributed by atoms with E-state index >= 15 is 0 Å². The Bertz CT molecular complexity index is 768. The first-order valence-corrected chi connectivity index (χ1v) is 10.8. The van der Waals surface area contributed by atoms with Crippen molar-refractivity contribution in [2.24, 2.45) is 18.6 Å². The van der Waals surface area contributed by atoms with Crippen LogP contribution in [0.4, 0.5) is 4.79 Å². The van der Waals surface area contributed by atoms with Gasteiger partial charge in [0.05, 0.1) is 0 Å². The molecule has 10 heteroatoms. The van der Waals surface area contributed by atoms with Crippen molar-refractivity contribution in [1.82, 2.24) is 9.99 Å². The molecule has 0 aliphatic rings. The number of carbonyl (C=O) groups is 2. The van der Waals surface area contributed by atoms with Gasteiger partial charge in [-0.2, -0.15) is 0 Å². The highest BCUT2D eigenvalue weighted by atomic mass is 33.1. The van der Waals surface area contributed by atoms with Crippen LogP contribution in [0.5, 0.6) is 0 Å². The molecule has 2 rings (SSSR count). The first-order valence-electron chi connectivity index (χ1n) is 8.36. The molecule has 0 spiro atoms. The van der Waals surface area contributed by atoms with Gasteiger partial charge in [-0.3, -0.25) is 10.2 Å². The van der Waals surface area contributed by atoms with Crippen LogP contribution >= 0.6 is 21.6 Å². The smallest absolute Gasteiger partial charge is 0.421 e. The van der Waals surface area contributed by atoms with Crippen LogP contribution in [0.1, 0.15) is 5.56 Å². The number of hydrazine groups is 1. The number of nitrogens with two attached hydrogens (primary N) is 2. The SMILES string of the molecule is Cn1cc(CC(N)C(=O)OCCSSCCOC(=O)NN)c2ccccc21. The summed E-state index contributed by atoms with van der Waals surface area (Å²) in [5.74, 6) is 5.72. The van der Waals surface area contributed by atoms with E-state index in [4.69, 9.17) is 21.1 Å². The number of carbonyl (C=O) groups excluding carboxylic acids is 2.